The number of benzene rings is 1. The lowest BCUT2D eigenvalue weighted by molar-refractivity contribution is -0.0884. The van der Waals surface area contributed by atoms with E-state index in [0.29, 0.717) is 17.3 Å². The van der Waals surface area contributed by atoms with Crippen LogP contribution >= 0.6 is 0 Å². The van der Waals surface area contributed by atoms with E-state index < -0.39 is 11.7 Å². The quantitative estimate of drug-likeness (QED) is 0.860. The summed E-state index contributed by atoms with van der Waals surface area (Å²) in [4.78, 5) is 4.56. The van der Waals surface area contributed by atoms with Crippen LogP contribution in [0.1, 0.15) is 24.0 Å². The van der Waals surface area contributed by atoms with Gasteiger partial charge in [-0.3, -0.25) is 10.1 Å². The van der Waals surface area contributed by atoms with Crippen molar-refractivity contribution < 1.29 is 13.2 Å². The highest BCUT2D eigenvalue weighted by Crippen LogP contribution is 2.42. The molecular formula is C18H16F3N5. The molecule has 3 aliphatic rings. The minimum atomic E-state index is -4.46. The first-order valence-corrected chi connectivity index (χ1v) is 8.49. The van der Waals surface area contributed by atoms with Gasteiger partial charge in [0.05, 0.1) is 23.0 Å². The number of amidine groups is 1. The number of hydrazine groups is 1. The number of rotatable bonds is 2. The van der Waals surface area contributed by atoms with Crippen molar-refractivity contribution in [3.05, 3.63) is 47.2 Å². The van der Waals surface area contributed by atoms with Crippen molar-refractivity contribution >= 4 is 22.4 Å². The fourth-order valence-corrected chi connectivity index (χ4v) is 3.59. The fraction of sp³-hybridized carbons (Fsp3) is 0.333. The van der Waals surface area contributed by atoms with E-state index in [1.165, 1.54) is 11.1 Å². The van der Waals surface area contributed by atoms with Crippen LogP contribution in [0.4, 0.5) is 13.2 Å². The minimum absolute atomic E-state index is 0.0908. The largest absolute Gasteiger partial charge is 0.418 e. The number of aromatic nitrogens is 2. The molecule has 1 aliphatic carbocycles. The van der Waals surface area contributed by atoms with E-state index in [1.54, 1.807) is 18.3 Å². The molecule has 3 heterocycles. The van der Waals surface area contributed by atoms with Crippen LogP contribution in [0.5, 0.6) is 0 Å². The highest BCUT2D eigenvalue weighted by atomic mass is 19.4. The minimum Gasteiger partial charge on any atom is -0.278 e. The van der Waals surface area contributed by atoms with Crippen LogP contribution in [0.25, 0.3) is 16.6 Å². The summed E-state index contributed by atoms with van der Waals surface area (Å²) in [5.74, 6) is 0.921. The predicted octanol–water partition coefficient (Wildman–Crippen LogP) is 3.67. The molecule has 1 saturated carbocycles. The van der Waals surface area contributed by atoms with Gasteiger partial charge in [0.25, 0.3) is 0 Å². The Morgan fingerprint density at radius 3 is 2.73 bits per heavy atom. The number of hydrogen-bond acceptors (Lipinski definition) is 4. The zero-order chi connectivity index (χ0) is 18.1. The second kappa shape index (κ2) is 5.20. The molecular weight excluding hydrogens is 343 g/mol. The molecule has 2 aromatic rings. The molecule has 1 fully saturated rings. The standard InChI is InChI=1S/C18H16F3N5/c1-9-6-11(7-12-8-22-24-15(9)12)16-13(18(19,20)21)4-5-14-23-17(10-2-3-10)25-26(14)16/h4-8,10,17,25H,2-3H2,1H3,(H,22,24). The SMILES string of the molecule is Cc1cc(C2=C(C(F)(F)F)C=CC3=NC(C4CC4)NN32)cc2cn[nH]c12. The lowest BCUT2D eigenvalue weighted by Crippen LogP contribution is -2.42. The molecule has 0 bridgehead atoms. The van der Waals surface area contributed by atoms with Crippen LogP contribution in [-0.4, -0.2) is 33.4 Å². The molecule has 0 saturated heterocycles. The number of H-pyrrole nitrogens is 1. The van der Waals surface area contributed by atoms with E-state index in [2.05, 4.69) is 20.6 Å². The van der Waals surface area contributed by atoms with Crippen molar-refractivity contribution in [2.24, 2.45) is 10.9 Å². The smallest absolute Gasteiger partial charge is 0.278 e. The van der Waals surface area contributed by atoms with Crippen molar-refractivity contribution in [2.75, 3.05) is 0 Å². The maximum Gasteiger partial charge on any atom is 0.418 e. The molecule has 1 unspecified atom stereocenters. The zero-order valence-corrected chi connectivity index (χ0v) is 13.9. The van der Waals surface area contributed by atoms with Crippen LogP contribution in [0.3, 0.4) is 0 Å². The van der Waals surface area contributed by atoms with Gasteiger partial charge >= 0.3 is 6.18 Å². The molecule has 0 amide bonds. The molecule has 0 radical (unpaired) electrons. The lowest BCUT2D eigenvalue weighted by Gasteiger charge is -2.29. The van der Waals surface area contributed by atoms with Crippen molar-refractivity contribution in [3.63, 3.8) is 0 Å². The molecule has 8 heteroatoms. The molecule has 1 atom stereocenters. The second-order valence-electron chi connectivity index (χ2n) is 6.95. The van der Waals surface area contributed by atoms with Crippen molar-refractivity contribution in [3.8, 4) is 0 Å². The first kappa shape index (κ1) is 15.6. The Morgan fingerprint density at radius 2 is 2.00 bits per heavy atom. The summed E-state index contributed by atoms with van der Waals surface area (Å²) in [6.07, 6.45) is 1.67. The average Bonchev–Trinajstić information content (AvgIpc) is 3.15. The van der Waals surface area contributed by atoms with Gasteiger partial charge < -0.3 is 0 Å². The summed E-state index contributed by atoms with van der Waals surface area (Å²) in [7, 11) is 0. The van der Waals surface area contributed by atoms with Gasteiger partial charge in [-0.2, -0.15) is 18.3 Å². The van der Waals surface area contributed by atoms with Gasteiger partial charge in [-0.25, -0.2) is 10.4 Å². The lowest BCUT2D eigenvalue weighted by atomic mass is 9.99. The molecule has 134 valence electrons. The summed E-state index contributed by atoms with van der Waals surface area (Å²) >= 11 is 0. The van der Waals surface area contributed by atoms with Gasteiger partial charge in [0.1, 0.15) is 12.0 Å². The summed E-state index contributed by atoms with van der Waals surface area (Å²) in [5, 5.41) is 9.15. The Hall–Kier alpha value is -2.61. The van der Waals surface area contributed by atoms with Crippen LogP contribution in [0.15, 0.2) is 41.0 Å². The monoisotopic (exact) mass is 359 g/mol. The summed E-state index contributed by atoms with van der Waals surface area (Å²) in [6.45, 7) is 1.86. The highest BCUT2D eigenvalue weighted by Gasteiger charge is 2.44. The molecule has 1 aromatic heterocycles. The molecule has 26 heavy (non-hydrogen) atoms. The van der Waals surface area contributed by atoms with E-state index in [0.717, 1.165) is 35.4 Å². The number of aromatic amines is 1. The first-order chi connectivity index (χ1) is 12.4. The van der Waals surface area contributed by atoms with Gasteiger partial charge in [-0.15, -0.1) is 0 Å². The van der Waals surface area contributed by atoms with Crippen molar-refractivity contribution in [1.82, 2.24) is 20.6 Å². The Balaban J connectivity index is 1.69. The van der Waals surface area contributed by atoms with Crippen molar-refractivity contribution in [1.29, 1.82) is 0 Å². The van der Waals surface area contributed by atoms with Crippen LogP contribution in [0.2, 0.25) is 0 Å². The summed E-state index contributed by atoms with van der Waals surface area (Å²) in [5.41, 5.74) is 4.74. The third-order valence-corrected chi connectivity index (χ3v) is 5.03. The zero-order valence-electron chi connectivity index (χ0n) is 13.9. The van der Waals surface area contributed by atoms with Crippen LogP contribution in [-0.2, 0) is 0 Å². The molecule has 0 spiro atoms. The normalized spacial score (nSPS) is 23.0. The van der Waals surface area contributed by atoms with E-state index in [9.17, 15) is 13.2 Å². The van der Waals surface area contributed by atoms with Gasteiger partial charge in [-0.1, -0.05) is 0 Å². The highest BCUT2D eigenvalue weighted by molar-refractivity contribution is 6.04. The van der Waals surface area contributed by atoms with E-state index >= 15 is 0 Å². The Labute approximate surface area is 147 Å². The maximum absolute atomic E-state index is 13.7. The van der Waals surface area contributed by atoms with Crippen LogP contribution < -0.4 is 5.43 Å². The van der Waals surface area contributed by atoms with Gasteiger partial charge in [0.15, 0.2) is 0 Å². The van der Waals surface area contributed by atoms with Crippen molar-refractivity contribution in [2.45, 2.75) is 32.1 Å². The number of fused-ring (bicyclic) bond motifs is 2. The Bertz CT molecular complexity index is 994. The molecule has 5 nitrogen and oxygen atoms in total. The topological polar surface area (TPSA) is 56.3 Å². The second-order valence-corrected chi connectivity index (χ2v) is 6.95. The Kier molecular flexibility index (Phi) is 3.13. The maximum atomic E-state index is 13.7. The van der Waals surface area contributed by atoms with Gasteiger partial charge in [0, 0.05) is 10.9 Å². The molecule has 2 aliphatic heterocycles. The predicted molar refractivity (Wildman–Crippen MR) is 91.9 cm³/mol. The molecule has 1 aromatic carbocycles. The number of allylic oxidation sites excluding steroid dienone is 2. The number of aryl methyl sites for hydroxylation is 1. The number of aliphatic imine (C=N–C) groups is 1. The number of alkyl halides is 3. The summed E-state index contributed by atoms with van der Waals surface area (Å²) in [6, 6.07) is 3.49. The number of hydrogen-bond donors (Lipinski definition) is 2. The van der Waals surface area contributed by atoms with Gasteiger partial charge in [0.2, 0.25) is 0 Å². The van der Waals surface area contributed by atoms with Gasteiger partial charge in [-0.05, 0) is 55.5 Å². The summed E-state index contributed by atoms with van der Waals surface area (Å²) < 4.78 is 41.2. The van der Waals surface area contributed by atoms with E-state index in [1.807, 2.05) is 6.92 Å². The number of halogens is 3. The number of nitrogens with one attached hydrogen (secondary N) is 2. The average molecular weight is 359 g/mol. The third kappa shape index (κ3) is 2.36. The van der Waals surface area contributed by atoms with E-state index in [4.69, 9.17) is 0 Å². The fourth-order valence-electron chi connectivity index (χ4n) is 3.59. The van der Waals surface area contributed by atoms with E-state index in [-0.39, 0.29) is 11.9 Å². The third-order valence-electron chi connectivity index (χ3n) is 5.03. The first-order valence-electron chi connectivity index (χ1n) is 8.49. The molecule has 5 rings (SSSR count). The van der Waals surface area contributed by atoms with Crippen LogP contribution in [0, 0.1) is 12.8 Å². The molecule has 2 N–H and O–H groups in total. The number of nitrogens with zero attached hydrogens (tertiary/aromatic N) is 3. The Morgan fingerprint density at radius 1 is 1.19 bits per heavy atom.